The number of nitrogens with two attached hydrogens (primary N) is 1. The third-order valence-corrected chi connectivity index (χ3v) is 3.90. The molecule has 0 aliphatic carbocycles. The van der Waals surface area contributed by atoms with Crippen LogP contribution in [0.5, 0.6) is 0 Å². The predicted octanol–water partition coefficient (Wildman–Crippen LogP) is 4.06. The summed E-state index contributed by atoms with van der Waals surface area (Å²) >= 11 is 0. The normalized spacial score (nSPS) is 11.8. The highest BCUT2D eigenvalue weighted by Gasteiger charge is 2.30. The number of benzene rings is 1. The van der Waals surface area contributed by atoms with Crippen LogP contribution in [0.2, 0.25) is 0 Å². The van der Waals surface area contributed by atoms with E-state index in [1.165, 1.54) is 16.6 Å². The van der Waals surface area contributed by atoms with E-state index >= 15 is 0 Å². The van der Waals surface area contributed by atoms with Gasteiger partial charge in [-0.05, 0) is 47.5 Å². The molecule has 4 rings (SSSR count). The largest absolute Gasteiger partial charge is 0.416 e. The first-order valence-corrected chi connectivity index (χ1v) is 7.67. The summed E-state index contributed by atoms with van der Waals surface area (Å²) in [6.45, 7) is 0. The Labute approximate surface area is 145 Å². The number of nitrogens with zero attached hydrogens (tertiary/aromatic N) is 4. The van der Waals surface area contributed by atoms with Gasteiger partial charge in [-0.1, -0.05) is 18.2 Å². The second-order valence-corrected chi connectivity index (χ2v) is 5.66. The molecule has 0 amide bonds. The second-order valence-electron chi connectivity index (χ2n) is 5.66. The Morgan fingerprint density at radius 1 is 0.923 bits per heavy atom. The maximum atomic E-state index is 12.7. The molecule has 0 saturated carbocycles. The van der Waals surface area contributed by atoms with Crippen LogP contribution in [0.1, 0.15) is 5.56 Å². The fourth-order valence-corrected chi connectivity index (χ4v) is 2.63. The van der Waals surface area contributed by atoms with Gasteiger partial charge in [-0.15, -0.1) is 5.10 Å². The van der Waals surface area contributed by atoms with Crippen molar-refractivity contribution in [3.63, 3.8) is 0 Å². The third kappa shape index (κ3) is 2.85. The molecule has 0 bridgehead atoms. The Morgan fingerprint density at radius 2 is 1.69 bits per heavy atom. The Bertz CT molecular complexity index is 1070. The highest BCUT2D eigenvalue weighted by atomic mass is 19.4. The molecule has 130 valence electrons. The summed E-state index contributed by atoms with van der Waals surface area (Å²) in [5.41, 5.74) is 7.70. The third-order valence-electron chi connectivity index (χ3n) is 3.90. The Morgan fingerprint density at radius 3 is 2.35 bits per heavy atom. The molecular formula is C18H12F3N5. The highest BCUT2D eigenvalue weighted by molar-refractivity contribution is 5.72. The molecule has 2 N–H and O–H groups in total. The van der Waals surface area contributed by atoms with Gasteiger partial charge in [0, 0.05) is 6.20 Å². The number of hydrogen-bond donors (Lipinski definition) is 1. The molecule has 5 nitrogen and oxygen atoms in total. The van der Waals surface area contributed by atoms with Crippen molar-refractivity contribution < 1.29 is 13.2 Å². The van der Waals surface area contributed by atoms with Gasteiger partial charge in [0.05, 0.1) is 5.56 Å². The van der Waals surface area contributed by atoms with Crippen molar-refractivity contribution in [2.75, 3.05) is 5.73 Å². The molecule has 4 aromatic rings. The molecule has 1 aromatic carbocycles. The van der Waals surface area contributed by atoms with Crippen LogP contribution in [0, 0.1) is 0 Å². The Balaban J connectivity index is 1.77. The van der Waals surface area contributed by atoms with E-state index in [0.717, 1.165) is 12.1 Å². The van der Waals surface area contributed by atoms with Gasteiger partial charge in [-0.2, -0.15) is 17.7 Å². The Kier molecular flexibility index (Phi) is 3.61. The number of alkyl halides is 3. The molecule has 26 heavy (non-hydrogen) atoms. The summed E-state index contributed by atoms with van der Waals surface area (Å²) in [7, 11) is 0. The van der Waals surface area contributed by atoms with Gasteiger partial charge >= 0.3 is 6.18 Å². The minimum atomic E-state index is -4.37. The fraction of sp³-hybridized carbons (Fsp3) is 0.0556. The van der Waals surface area contributed by atoms with Crippen molar-refractivity contribution in [2.24, 2.45) is 0 Å². The van der Waals surface area contributed by atoms with Crippen LogP contribution in [0.3, 0.4) is 0 Å². The second kappa shape index (κ2) is 5.83. The van der Waals surface area contributed by atoms with Crippen LogP contribution in [-0.2, 0) is 6.18 Å². The van der Waals surface area contributed by atoms with Crippen LogP contribution in [0.15, 0.2) is 60.8 Å². The van der Waals surface area contributed by atoms with E-state index in [4.69, 9.17) is 5.73 Å². The summed E-state index contributed by atoms with van der Waals surface area (Å²) in [5.74, 6) is 0.744. The van der Waals surface area contributed by atoms with Gasteiger partial charge in [-0.3, -0.25) is 4.98 Å². The number of aromatic nitrogens is 4. The van der Waals surface area contributed by atoms with Crippen molar-refractivity contribution in [3.8, 4) is 22.6 Å². The molecule has 0 aliphatic rings. The molecule has 3 heterocycles. The Hall–Kier alpha value is -3.42. The fourth-order valence-electron chi connectivity index (χ4n) is 2.63. The summed E-state index contributed by atoms with van der Waals surface area (Å²) in [4.78, 5) is 8.62. The van der Waals surface area contributed by atoms with E-state index in [1.807, 2.05) is 6.07 Å². The lowest BCUT2D eigenvalue weighted by Crippen LogP contribution is -2.04. The lowest BCUT2D eigenvalue weighted by atomic mass is 10.0. The van der Waals surface area contributed by atoms with Crippen molar-refractivity contribution in [1.82, 2.24) is 19.6 Å². The number of rotatable bonds is 2. The van der Waals surface area contributed by atoms with Crippen LogP contribution >= 0.6 is 0 Å². The van der Waals surface area contributed by atoms with E-state index in [9.17, 15) is 13.2 Å². The highest BCUT2D eigenvalue weighted by Crippen LogP contribution is 2.31. The zero-order valence-electron chi connectivity index (χ0n) is 13.3. The standard InChI is InChI=1S/C18H12F3N5/c19-18(20,21)13-6-4-11(5-7-13)12-9-15(22)26-16(10-12)24-17(25-26)14-3-1-2-8-23-14/h1-10H,22H2. The zero-order chi connectivity index (χ0) is 18.3. The SMILES string of the molecule is Nc1cc(-c2ccc(C(F)(F)F)cc2)cc2nc(-c3ccccn3)nn12. The van der Waals surface area contributed by atoms with Crippen molar-refractivity contribution in [2.45, 2.75) is 6.18 Å². The van der Waals surface area contributed by atoms with Gasteiger partial charge in [0.25, 0.3) is 0 Å². The maximum Gasteiger partial charge on any atom is 0.416 e. The number of anilines is 1. The average Bonchev–Trinajstić information content (AvgIpc) is 3.07. The van der Waals surface area contributed by atoms with Crippen LogP contribution in [-0.4, -0.2) is 19.6 Å². The average molecular weight is 355 g/mol. The monoisotopic (exact) mass is 355 g/mol. The molecule has 3 aromatic heterocycles. The van der Waals surface area contributed by atoms with Gasteiger partial charge in [0.2, 0.25) is 5.82 Å². The van der Waals surface area contributed by atoms with E-state index in [0.29, 0.717) is 34.1 Å². The minimum Gasteiger partial charge on any atom is -0.384 e. The number of pyridine rings is 2. The zero-order valence-corrected chi connectivity index (χ0v) is 13.3. The number of fused-ring (bicyclic) bond motifs is 1. The van der Waals surface area contributed by atoms with E-state index < -0.39 is 11.7 Å². The van der Waals surface area contributed by atoms with Crippen LogP contribution in [0.4, 0.5) is 19.0 Å². The number of nitrogen functional groups attached to an aromatic ring is 1. The summed E-state index contributed by atoms with van der Waals surface area (Å²) in [6.07, 6.45) is -2.73. The van der Waals surface area contributed by atoms with Crippen LogP contribution < -0.4 is 5.73 Å². The molecule has 0 unspecified atom stereocenters. The van der Waals surface area contributed by atoms with Crippen LogP contribution in [0.25, 0.3) is 28.3 Å². The van der Waals surface area contributed by atoms with Gasteiger partial charge in [0.1, 0.15) is 11.5 Å². The first kappa shape index (κ1) is 16.1. The molecule has 0 atom stereocenters. The quantitative estimate of drug-likeness (QED) is 0.589. The molecule has 0 fully saturated rings. The lowest BCUT2D eigenvalue weighted by Gasteiger charge is -2.08. The van der Waals surface area contributed by atoms with Gasteiger partial charge in [-0.25, -0.2) is 4.98 Å². The first-order valence-electron chi connectivity index (χ1n) is 7.67. The van der Waals surface area contributed by atoms with Crippen molar-refractivity contribution in [1.29, 1.82) is 0 Å². The maximum absolute atomic E-state index is 12.7. The summed E-state index contributed by atoms with van der Waals surface area (Å²) in [5, 5.41) is 4.33. The molecular weight excluding hydrogens is 343 g/mol. The lowest BCUT2D eigenvalue weighted by molar-refractivity contribution is -0.137. The van der Waals surface area contributed by atoms with E-state index in [2.05, 4.69) is 15.1 Å². The van der Waals surface area contributed by atoms with E-state index in [1.54, 1.807) is 30.5 Å². The topological polar surface area (TPSA) is 69.1 Å². The van der Waals surface area contributed by atoms with Gasteiger partial charge in [0.15, 0.2) is 5.65 Å². The molecule has 8 heteroatoms. The van der Waals surface area contributed by atoms with Gasteiger partial charge < -0.3 is 5.73 Å². The first-order chi connectivity index (χ1) is 12.4. The number of hydrogen-bond acceptors (Lipinski definition) is 4. The summed E-state index contributed by atoms with van der Waals surface area (Å²) in [6, 6.07) is 13.7. The van der Waals surface area contributed by atoms with Crippen molar-refractivity contribution >= 4 is 11.5 Å². The molecule has 0 aliphatic heterocycles. The predicted molar refractivity (Wildman–Crippen MR) is 91.1 cm³/mol. The number of halogens is 3. The van der Waals surface area contributed by atoms with Crippen molar-refractivity contribution in [3.05, 3.63) is 66.4 Å². The molecule has 0 radical (unpaired) electrons. The molecule has 0 spiro atoms. The van der Waals surface area contributed by atoms with E-state index in [-0.39, 0.29) is 0 Å². The molecule has 0 saturated heterocycles. The smallest absolute Gasteiger partial charge is 0.384 e. The minimum absolute atomic E-state index is 0.326. The summed E-state index contributed by atoms with van der Waals surface area (Å²) < 4.78 is 39.6.